The fraction of sp³-hybridized carbons (Fsp3) is 0.235. The number of H-pyrrole nitrogens is 4. The van der Waals surface area contributed by atoms with Crippen molar-refractivity contribution in [2.45, 2.75) is 56.7 Å². The molecule has 1 saturated carbocycles. The number of Topliss-reactive ketones (excluding diaryl/α,β-unsaturated/α-hetero) is 3. The average Bonchev–Trinajstić information content (AvgIpc) is 4.22. The van der Waals surface area contributed by atoms with Crippen molar-refractivity contribution in [1.29, 1.82) is 0 Å². The number of ether oxygens (including phenoxy) is 4. The molecule has 2 fully saturated rings. The molecule has 334 valence electrons. The maximum Gasteiger partial charge on any atom is 0.400 e. The molecule has 5 aromatic carbocycles. The minimum absolute atomic E-state index is 0.0273. The van der Waals surface area contributed by atoms with Crippen LogP contribution >= 0.6 is 0 Å². The molecular weight excluding hydrogens is 841 g/mol. The van der Waals surface area contributed by atoms with E-state index in [1.165, 1.54) is 66.4 Å². The van der Waals surface area contributed by atoms with Crippen LogP contribution in [0, 0.1) is 0 Å². The van der Waals surface area contributed by atoms with Crippen LogP contribution in [0.15, 0.2) is 109 Å². The Morgan fingerprint density at radius 2 is 1.17 bits per heavy atom. The number of esters is 1. The molecule has 9 aromatic rings. The Balaban J connectivity index is 0.000000117. The highest BCUT2D eigenvalue weighted by Crippen LogP contribution is 2.44. The standard InChI is InChI=1S/C21H14N2O.C16H12N2.C9H16O6.C5H4N2O2/c24-16-10-9-13-17-11-5-1-3-7-14(11)22-20(17)21-19(18(13)16)12-6-2-4-8-15(12)23-21;1-3-7-13-11(5-1)9-15(17-13)16-10-12-6-2-4-8-14(12)18-16;1-8(14-4)9(11,7(10)13-3)5-6(12-2)15-8;6-7-5-3(8)1-2-4(5)9/h1-8,22-23H,9-10H2;1-10,17-18H;6,11H,5H2,1-4H3;1-2H2/t;;6?,8-,9+;/m..1./s1. The predicted octanol–water partition coefficient (Wildman–Crippen LogP) is 8.64. The molecule has 2 aliphatic carbocycles. The molecule has 0 bridgehead atoms. The van der Waals surface area contributed by atoms with E-state index in [0.29, 0.717) is 6.42 Å². The molecule has 15 heteroatoms. The van der Waals surface area contributed by atoms with Crippen molar-refractivity contribution in [3.05, 3.63) is 126 Å². The normalized spacial score (nSPS) is 20.0. The first-order chi connectivity index (χ1) is 31.9. The molecule has 0 amide bonds. The number of nitrogens with zero attached hydrogens (tertiary/aromatic N) is 2. The quantitative estimate of drug-likeness (QED) is 0.0647. The molecule has 4 aromatic heterocycles. The first kappa shape index (κ1) is 43.7. The summed E-state index contributed by atoms with van der Waals surface area (Å²) in [6.07, 6.45) is 1.11. The van der Waals surface area contributed by atoms with E-state index >= 15 is 0 Å². The third kappa shape index (κ3) is 7.48. The maximum absolute atomic E-state index is 12.7. The Bertz CT molecular complexity index is 3290. The zero-order valence-electron chi connectivity index (χ0n) is 36.6. The lowest BCUT2D eigenvalue weighted by atomic mass is 9.93. The van der Waals surface area contributed by atoms with Gasteiger partial charge in [0.1, 0.15) is 0 Å². The van der Waals surface area contributed by atoms with Crippen LogP contribution < -0.4 is 0 Å². The number of aliphatic hydroxyl groups is 1. The second-order valence-corrected chi connectivity index (χ2v) is 16.4. The zero-order valence-corrected chi connectivity index (χ0v) is 36.6. The van der Waals surface area contributed by atoms with Crippen molar-refractivity contribution in [3.63, 3.8) is 0 Å². The summed E-state index contributed by atoms with van der Waals surface area (Å²) in [6.45, 7) is 1.46. The number of aromatic nitrogens is 4. The van der Waals surface area contributed by atoms with Gasteiger partial charge < -0.3 is 49.5 Å². The zero-order chi connectivity index (χ0) is 46.3. The molecule has 1 unspecified atom stereocenters. The van der Waals surface area contributed by atoms with Gasteiger partial charge >= 0.3 is 11.7 Å². The van der Waals surface area contributed by atoms with Crippen LogP contribution in [0.3, 0.4) is 0 Å². The second kappa shape index (κ2) is 17.5. The number of ketones is 3. The summed E-state index contributed by atoms with van der Waals surface area (Å²) in [5, 5.41) is 17.3. The van der Waals surface area contributed by atoms with Gasteiger partial charge in [-0.15, -0.1) is 0 Å². The number of carbonyl (C=O) groups excluding carboxylic acids is 4. The van der Waals surface area contributed by atoms with E-state index in [4.69, 9.17) is 19.7 Å². The largest absolute Gasteiger partial charge is 0.467 e. The van der Waals surface area contributed by atoms with Crippen LogP contribution in [-0.4, -0.2) is 97.9 Å². The minimum Gasteiger partial charge on any atom is -0.467 e. The fourth-order valence-electron chi connectivity index (χ4n) is 9.20. The van der Waals surface area contributed by atoms with E-state index in [1.807, 2.05) is 30.3 Å². The highest BCUT2D eigenvalue weighted by atomic mass is 16.8. The summed E-state index contributed by atoms with van der Waals surface area (Å²) in [7, 11) is 3.95. The monoisotopic (exact) mass is 886 g/mol. The molecule has 1 saturated heterocycles. The van der Waals surface area contributed by atoms with Crippen molar-refractivity contribution >= 4 is 94.4 Å². The van der Waals surface area contributed by atoms with Gasteiger partial charge in [-0.2, -0.15) is 4.79 Å². The number of fused-ring (bicyclic) bond motifs is 12. The van der Waals surface area contributed by atoms with Gasteiger partial charge in [0.2, 0.25) is 23.0 Å². The molecule has 12 rings (SSSR count). The summed E-state index contributed by atoms with van der Waals surface area (Å²) < 4.78 is 19.8. The SMILES string of the molecule is COC(=O)[C@@]1(O)CC(OC)O[C@@]1(C)OC.O=C1CCc2c1c1c3ccccc3[nH]c1c1[nH]c3ccccc3c21.[N-]=[N+]=C1C(=O)CCC1=O.c1ccc2[nH]c(-c3cc4ccccc4[nH]3)cc2c1. The molecule has 3 aliphatic rings. The summed E-state index contributed by atoms with van der Waals surface area (Å²) in [4.78, 5) is 61.8. The molecule has 0 spiro atoms. The van der Waals surface area contributed by atoms with E-state index in [9.17, 15) is 24.3 Å². The van der Waals surface area contributed by atoms with E-state index in [1.54, 1.807) is 0 Å². The summed E-state index contributed by atoms with van der Waals surface area (Å²) >= 11 is 0. The third-order valence-electron chi connectivity index (χ3n) is 12.7. The number of aromatic amines is 4. The molecule has 66 heavy (non-hydrogen) atoms. The molecule has 0 radical (unpaired) electrons. The topological polar surface area (TPSA) is 225 Å². The van der Waals surface area contributed by atoms with E-state index in [-0.39, 0.29) is 42.3 Å². The number of carbonyl (C=O) groups is 4. The van der Waals surface area contributed by atoms with Gasteiger partial charge in [0, 0.05) is 99.9 Å². The van der Waals surface area contributed by atoms with Gasteiger partial charge in [-0.05, 0) is 55.3 Å². The van der Waals surface area contributed by atoms with Crippen LogP contribution in [0.4, 0.5) is 0 Å². The summed E-state index contributed by atoms with van der Waals surface area (Å²) in [5.41, 5.74) is 17.0. The van der Waals surface area contributed by atoms with E-state index < -0.39 is 23.6 Å². The van der Waals surface area contributed by atoms with Crippen LogP contribution in [0.1, 0.15) is 48.5 Å². The number of hydrogen-bond acceptors (Lipinski definition) is 9. The number of nitrogens with one attached hydrogen (secondary N) is 4. The number of benzene rings is 5. The second-order valence-electron chi connectivity index (χ2n) is 16.4. The summed E-state index contributed by atoms with van der Waals surface area (Å²) in [5.74, 6) is -2.70. The number of aryl methyl sites for hydroxylation is 1. The maximum atomic E-state index is 12.7. The van der Waals surface area contributed by atoms with Crippen LogP contribution in [0.2, 0.25) is 0 Å². The highest BCUT2D eigenvalue weighted by molar-refractivity contribution is 6.67. The highest BCUT2D eigenvalue weighted by Gasteiger charge is 2.63. The Hall–Kier alpha value is -7.52. The third-order valence-corrected chi connectivity index (χ3v) is 12.7. The molecule has 15 nitrogen and oxygen atoms in total. The Labute approximate surface area is 376 Å². The van der Waals surface area contributed by atoms with Gasteiger partial charge in [0.15, 0.2) is 12.1 Å². The van der Waals surface area contributed by atoms with Gasteiger partial charge in [-0.3, -0.25) is 14.4 Å². The van der Waals surface area contributed by atoms with Crippen molar-refractivity contribution in [2.75, 3.05) is 21.3 Å². The number of methoxy groups -OCH3 is 3. The van der Waals surface area contributed by atoms with Gasteiger partial charge in [0.05, 0.1) is 29.5 Å². The minimum atomic E-state index is -1.85. The van der Waals surface area contributed by atoms with Crippen LogP contribution in [0.25, 0.3) is 82.3 Å². The lowest BCUT2D eigenvalue weighted by Crippen LogP contribution is -2.56. The molecule has 5 heterocycles. The fourth-order valence-corrected chi connectivity index (χ4v) is 9.20. The van der Waals surface area contributed by atoms with Gasteiger partial charge in [0.25, 0.3) is 0 Å². The number of hydrogen-bond donors (Lipinski definition) is 5. The van der Waals surface area contributed by atoms with Crippen molar-refractivity contribution in [2.24, 2.45) is 0 Å². The van der Waals surface area contributed by atoms with Crippen molar-refractivity contribution in [1.82, 2.24) is 19.9 Å². The van der Waals surface area contributed by atoms with Crippen LogP contribution in [0.5, 0.6) is 0 Å². The van der Waals surface area contributed by atoms with Crippen molar-refractivity contribution < 1.29 is 48.0 Å². The predicted molar refractivity (Wildman–Crippen MR) is 250 cm³/mol. The number of para-hydroxylation sites is 4. The first-order valence-corrected chi connectivity index (χ1v) is 21.4. The lowest BCUT2D eigenvalue weighted by Gasteiger charge is -2.33. The molecule has 5 N–H and O–H groups in total. The van der Waals surface area contributed by atoms with Gasteiger partial charge in [-0.1, -0.05) is 72.8 Å². The van der Waals surface area contributed by atoms with Crippen molar-refractivity contribution in [3.8, 4) is 11.4 Å². The summed E-state index contributed by atoms with van der Waals surface area (Å²) in [6, 6.07) is 37.6. The average molecular weight is 887 g/mol. The Kier molecular flexibility index (Phi) is 11.6. The van der Waals surface area contributed by atoms with Gasteiger partial charge in [-0.25, -0.2) is 4.79 Å². The molecule has 3 atom stereocenters. The van der Waals surface area contributed by atoms with E-state index in [2.05, 4.69) is 108 Å². The van der Waals surface area contributed by atoms with E-state index in [0.717, 1.165) is 56.2 Å². The smallest absolute Gasteiger partial charge is 0.400 e. The molecule has 1 aliphatic heterocycles. The van der Waals surface area contributed by atoms with Crippen LogP contribution in [-0.2, 0) is 39.8 Å². The number of rotatable bonds is 4. The lowest BCUT2D eigenvalue weighted by molar-refractivity contribution is -0.287. The molecular formula is C51H46N6O9. The Morgan fingerprint density at radius 1 is 0.682 bits per heavy atom. The Morgan fingerprint density at radius 3 is 1.65 bits per heavy atom. The first-order valence-electron chi connectivity index (χ1n) is 21.4.